The van der Waals surface area contributed by atoms with Crippen LogP contribution in [-0.2, 0) is 16.1 Å². The number of carbonyl (C=O) groups excluding carboxylic acids is 2. The Morgan fingerprint density at radius 2 is 1.95 bits per heavy atom. The van der Waals surface area contributed by atoms with Crippen LogP contribution in [0.1, 0.15) is 38.2 Å². The molecule has 1 aromatic heterocycles. The first kappa shape index (κ1) is 13.5. The monoisotopic (exact) mass is 261 g/mol. The van der Waals surface area contributed by atoms with Crippen molar-refractivity contribution >= 4 is 17.6 Å². The van der Waals surface area contributed by atoms with Crippen LogP contribution in [0.4, 0.5) is 5.82 Å². The van der Waals surface area contributed by atoms with Crippen LogP contribution in [0.5, 0.6) is 0 Å². The highest BCUT2D eigenvalue weighted by molar-refractivity contribution is 5.96. The molecule has 5 heteroatoms. The zero-order chi connectivity index (χ0) is 13.7. The van der Waals surface area contributed by atoms with Crippen molar-refractivity contribution in [3.63, 3.8) is 0 Å². The molecule has 0 unspecified atom stereocenters. The minimum atomic E-state index is -0.0752. The number of likely N-dealkylation sites (tertiary alicyclic amines) is 1. The molecule has 2 rings (SSSR count). The van der Waals surface area contributed by atoms with Crippen molar-refractivity contribution < 1.29 is 9.59 Å². The molecule has 0 aliphatic carbocycles. The standard InChI is InChI=1S/C14H19N3O2/c1-2-15-14-11(6-5-9-16-14)10-17-12(18)7-3-4-8-13(17)19/h5-6,9H,2-4,7-8,10H2,1H3,(H,15,16). The molecule has 1 aromatic rings. The third kappa shape index (κ3) is 3.30. The molecule has 2 amide bonds. The molecule has 0 spiro atoms. The summed E-state index contributed by atoms with van der Waals surface area (Å²) >= 11 is 0. The van der Waals surface area contributed by atoms with E-state index in [0.29, 0.717) is 19.4 Å². The van der Waals surface area contributed by atoms with Gasteiger partial charge in [-0.15, -0.1) is 0 Å². The Morgan fingerprint density at radius 1 is 1.26 bits per heavy atom. The molecule has 19 heavy (non-hydrogen) atoms. The minimum Gasteiger partial charge on any atom is -0.370 e. The zero-order valence-corrected chi connectivity index (χ0v) is 11.2. The molecule has 1 aliphatic rings. The maximum absolute atomic E-state index is 12.0. The molecule has 0 radical (unpaired) electrons. The van der Waals surface area contributed by atoms with Gasteiger partial charge in [0.1, 0.15) is 5.82 Å². The molecule has 1 aliphatic heterocycles. The smallest absolute Gasteiger partial charge is 0.229 e. The lowest BCUT2D eigenvalue weighted by Gasteiger charge is -2.20. The Bertz CT molecular complexity index is 456. The Labute approximate surface area is 113 Å². The predicted molar refractivity (Wildman–Crippen MR) is 72.4 cm³/mol. The second-order valence-electron chi connectivity index (χ2n) is 4.62. The number of pyridine rings is 1. The number of rotatable bonds is 4. The summed E-state index contributed by atoms with van der Waals surface area (Å²) in [5.74, 6) is 0.595. The van der Waals surface area contributed by atoms with Gasteiger partial charge in [-0.25, -0.2) is 4.98 Å². The highest BCUT2D eigenvalue weighted by Gasteiger charge is 2.24. The van der Waals surface area contributed by atoms with Gasteiger partial charge in [0.15, 0.2) is 0 Å². The minimum absolute atomic E-state index is 0.0752. The van der Waals surface area contributed by atoms with Crippen molar-refractivity contribution in [1.29, 1.82) is 0 Å². The van der Waals surface area contributed by atoms with E-state index in [1.54, 1.807) is 6.20 Å². The first-order valence-electron chi connectivity index (χ1n) is 6.73. The number of carbonyl (C=O) groups is 2. The number of hydrogen-bond donors (Lipinski definition) is 1. The van der Waals surface area contributed by atoms with Crippen LogP contribution in [0.25, 0.3) is 0 Å². The van der Waals surface area contributed by atoms with Gasteiger partial charge >= 0.3 is 0 Å². The van der Waals surface area contributed by atoms with Gasteiger partial charge in [0.25, 0.3) is 0 Å². The third-order valence-corrected chi connectivity index (χ3v) is 3.20. The van der Waals surface area contributed by atoms with Crippen LogP contribution in [0.3, 0.4) is 0 Å². The van der Waals surface area contributed by atoms with Crippen LogP contribution < -0.4 is 5.32 Å². The van der Waals surface area contributed by atoms with Crippen LogP contribution in [0, 0.1) is 0 Å². The highest BCUT2D eigenvalue weighted by Crippen LogP contribution is 2.19. The van der Waals surface area contributed by atoms with Crippen LogP contribution in [-0.4, -0.2) is 28.2 Å². The van der Waals surface area contributed by atoms with E-state index >= 15 is 0 Å². The fourth-order valence-corrected chi connectivity index (χ4v) is 2.20. The Hall–Kier alpha value is -1.91. The van der Waals surface area contributed by atoms with Gasteiger partial charge in [0.2, 0.25) is 11.8 Å². The molecule has 102 valence electrons. The number of hydrogen-bond acceptors (Lipinski definition) is 4. The van der Waals surface area contributed by atoms with E-state index < -0.39 is 0 Å². The molecule has 0 saturated carbocycles. The van der Waals surface area contributed by atoms with Crippen LogP contribution in [0.15, 0.2) is 18.3 Å². The molecule has 1 saturated heterocycles. The molecular formula is C14H19N3O2. The summed E-state index contributed by atoms with van der Waals surface area (Å²) in [6.45, 7) is 3.06. The molecule has 5 nitrogen and oxygen atoms in total. The lowest BCUT2D eigenvalue weighted by Crippen LogP contribution is -2.34. The van der Waals surface area contributed by atoms with Gasteiger partial charge in [0, 0.05) is 31.1 Å². The Morgan fingerprint density at radius 3 is 2.58 bits per heavy atom. The molecule has 1 N–H and O–H groups in total. The van der Waals surface area contributed by atoms with Crippen molar-refractivity contribution in [2.75, 3.05) is 11.9 Å². The number of anilines is 1. The van der Waals surface area contributed by atoms with Crippen LogP contribution >= 0.6 is 0 Å². The lowest BCUT2D eigenvalue weighted by molar-refractivity contribution is -0.144. The van der Waals surface area contributed by atoms with Gasteiger partial charge in [0.05, 0.1) is 6.54 Å². The van der Waals surface area contributed by atoms with Crippen molar-refractivity contribution in [3.8, 4) is 0 Å². The lowest BCUT2D eigenvalue weighted by atomic mass is 10.2. The molecule has 0 bridgehead atoms. The second-order valence-corrected chi connectivity index (χ2v) is 4.62. The van der Waals surface area contributed by atoms with Crippen LogP contribution in [0.2, 0.25) is 0 Å². The van der Waals surface area contributed by atoms with E-state index in [9.17, 15) is 9.59 Å². The number of aromatic nitrogens is 1. The molecule has 1 fully saturated rings. The summed E-state index contributed by atoms with van der Waals surface area (Å²) in [5, 5.41) is 3.15. The normalized spacial score (nSPS) is 16.4. The number of nitrogens with zero attached hydrogens (tertiary/aromatic N) is 2. The molecular weight excluding hydrogens is 242 g/mol. The quantitative estimate of drug-likeness (QED) is 0.841. The number of amides is 2. The summed E-state index contributed by atoms with van der Waals surface area (Å²) in [6.07, 6.45) is 4.22. The summed E-state index contributed by atoms with van der Waals surface area (Å²) in [7, 11) is 0. The largest absolute Gasteiger partial charge is 0.370 e. The van der Waals surface area contributed by atoms with Gasteiger partial charge in [-0.1, -0.05) is 6.07 Å². The van der Waals surface area contributed by atoms with Crippen molar-refractivity contribution in [1.82, 2.24) is 9.88 Å². The zero-order valence-electron chi connectivity index (χ0n) is 11.2. The first-order valence-corrected chi connectivity index (χ1v) is 6.73. The third-order valence-electron chi connectivity index (χ3n) is 3.20. The van der Waals surface area contributed by atoms with Gasteiger partial charge in [-0.2, -0.15) is 0 Å². The summed E-state index contributed by atoms with van der Waals surface area (Å²) in [6, 6.07) is 3.72. The summed E-state index contributed by atoms with van der Waals surface area (Å²) in [5.41, 5.74) is 0.882. The van der Waals surface area contributed by atoms with E-state index in [2.05, 4.69) is 10.3 Å². The topological polar surface area (TPSA) is 62.3 Å². The summed E-state index contributed by atoms with van der Waals surface area (Å²) in [4.78, 5) is 29.5. The first-order chi connectivity index (χ1) is 9.22. The van der Waals surface area contributed by atoms with Gasteiger partial charge < -0.3 is 5.32 Å². The average molecular weight is 261 g/mol. The van der Waals surface area contributed by atoms with E-state index in [0.717, 1.165) is 30.8 Å². The van der Waals surface area contributed by atoms with Crippen molar-refractivity contribution in [2.45, 2.75) is 39.2 Å². The Balaban J connectivity index is 2.18. The van der Waals surface area contributed by atoms with Gasteiger partial charge in [-0.05, 0) is 25.8 Å². The van der Waals surface area contributed by atoms with E-state index in [4.69, 9.17) is 0 Å². The second kappa shape index (κ2) is 6.31. The number of nitrogens with one attached hydrogen (secondary N) is 1. The van der Waals surface area contributed by atoms with E-state index in [1.807, 2.05) is 19.1 Å². The average Bonchev–Trinajstić information content (AvgIpc) is 2.56. The fraction of sp³-hybridized carbons (Fsp3) is 0.500. The summed E-state index contributed by atoms with van der Waals surface area (Å²) < 4.78 is 0. The maximum atomic E-state index is 12.0. The Kier molecular flexibility index (Phi) is 4.49. The molecule has 0 aromatic carbocycles. The van der Waals surface area contributed by atoms with E-state index in [1.165, 1.54) is 4.90 Å². The number of imide groups is 1. The van der Waals surface area contributed by atoms with Crippen molar-refractivity contribution in [2.24, 2.45) is 0 Å². The van der Waals surface area contributed by atoms with Gasteiger partial charge in [-0.3, -0.25) is 14.5 Å². The predicted octanol–water partition coefficient (Wildman–Crippen LogP) is 1.94. The van der Waals surface area contributed by atoms with E-state index in [-0.39, 0.29) is 11.8 Å². The fourth-order valence-electron chi connectivity index (χ4n) is 2.20. The van der Waals surface area contributed by atoms with Crippen molar-refractivity contribution in [3.05, 3.63) is 23.9 Å². The SMILES string of the molecule is CCNc1ncccc1CN1C(=O)CCCCC1=O. The highest BCUT2D eigenvalue weighted by atomic mass is 16.2. The molecule has 2 heterocycles. The maximum Gasteiger partial charge on any atom is 0.229 e. The molecule has 0 atom stereocenters.